The fraction of sp³-hybridized carbons (Fsp3) is 0.387. The summed E-state index contributed by atoms with van der Waals surface area (Å²) in [5.74, 6) is -6.11. The van der Waals surface area contributed by atoms with Crippen molar-refractivity contribution in [3.8, 4) is 16.9 Å². The molecule has 1 aliphatic heterocycles. The molecule has 0 spiro atoms. The van der Waals surface area contributed by atoms with Gasteiger partial charge in [-0.05, 0) is 25.3 Å². The topological polar surface area (TPSA) is 152 Å². The number of alkyl halides is 3. The fourth-order valence-corrected chi connectivity index (χ4v) is 6.27. The number of phenols is 1. The van der Waals surface area contributed by atoms with Crippen LogP contribution in [0.5, 0.6) is 5.75 Å². The van der Waals surface area contributed by atoms with Crippen molar-refractivity contribution in [3.63, 3.8) is 0 Å². The lowest BCUT2D eigenvalue weighted by Gasteiger charge is -2.31. The number of carbonyl (C=O) groups is 2. The van der Waals surface area contributed by atoms with Crippen LogP contribution in [0.3, 0.4) is 0 Å². The van der Waals surface area contributed by atoms with Gasteiger partial charge in [0.2, 0.25) is 11.7 Å². The molecule has 1 fully saturated rings. The number of aromatic hydroxyl groups is 1. The highest BCUT2D eigenvalue weighted by Crippen LogP contribution is 2.36. The van der Waals surface area contributed by atoms with E-state index < -0.39 is 65.2 Å². The summed E-state index contributed by atoms with van der Waals surface area (Å²) in [6.07, 6.45) is -0.140. The van der Waals surface area contributed by atoms with E-state index >= 15 is 4.39 Å². The summed E-state index contributed by atoms with van der Waals surface area (Å²) < 4.78 is 71.7. The molecule has 18 heteroatoms. The SMILES string of the molecule is CCN(C[C@H]1C[C@H](C)CN1CC(F)(F)F)c1cc(NC(=O)Cn2cc(-c3cc(C(N)=O)c(O)c(F)c3F)c3c(=O)n(C)cnc32)c(Cl)cn1. The average molecular weight is 711 g/mol. The minimum atomic E-state index is -4.34. The van der Waals surface area contributed by atoms with Crippen molar-refractivity contribution in [1.82, 2.24) is 24.0 Å². The number of anilines is 2. The van der Waals surface area contributed by atoms with Crippen LogP contribution in [-0.2, 0) is 18.4 Å². The zero-order valence-corrected chi connectivity index (χ0v) is 27.2. The van der Waals surface area contributed by atoms with Gasteiger partial charge in [0.1, 0.15) is 18.0 Å². The summed E-state index contributed by atoms with van der Waals surface area (Å²) in [4.78, 5) is 50.1. The summed E-state index contributed by atoms with van der Waals surface area (Å²) in [5, 5.41) is 12.4. The van der Waals surface area contributed by atoms with E-state index in [9.17, 15) is 37.1 Å². The van der Waals surface area contributed by atoms with E-state index in [1.807, 2.05) is 13.8 Å². The summed E-state index contributed by atoms with van der Waals surface area (Å²) >= 11 is 6.35. The summed E-state index contributed by atoms with van der Waals surface area (Å²) in [5.41, 5.74) is 3.08. The number of aryl methyl sites for hydroxylation is 1. The number of nitrogens with zero attached hydrogens (tertiary/aromatic N) is 6. The van der Waals surface area contributed by atoms with Crippen LogP contribution in [0.1, 0.15) is 30.6 Å². The first kappa shape index (κ1) is 35.5. The third-order valence-corrected chi connectivity index (χ3v) is 8.66. The lowest BCUT2D eigenvalue weighted by molar-refractivity contribution is -0.147. The maximum absolute atomic E-state index is 15.1. The third kappa shape index (κ3) is 7.32. The number of amides is 2. The molecule has 0 unspecified atom stereocenters. The summed E-state index contributed by atoms with van der Waals surface area (Å²) in [6, 6.07) is 1.91. The zero-order valence-electron chi connectivity index (χ0n) is 26.5. The minimum absolute atomic E-state index is 0.0620. The number of fused-ring (bicyclic) bond motifs is 1. The molecule has 3 aromatic heterocycles. The van der Waals surface area contributed by atoms with Gasteiger partial charge in [-0.25, -0.2) is 14.4 Å². The van der Waals surface area contributed by atoms with E-state index in [1.165, 1.54) is 35.0 Å². The number of nitrogens with two attached hydrogens (primary N) is 1. The van der Waals surface area contributed by atoms with Crippen LogP contribution in [0, 0.1) is 17.6 Å². The number of pyridine rings is 1. The highest BCUT2D eigenvalue weighted by atomic mass is 35.5. The smallest absolute Gasteiger partial charge is 0.401 e. The fourth-order valence-electron chi connectivity index (χ4n) is 6.12. The van der Waals surface area contributed by atoms with Crippen LogP contribution in [0.25, 0.3) is 22.2 Å². The molecule has 4 heterocycles. The Labute approximate surface area is 280 Å². The molecule has 12 nitrogen and oxygen atoms in total. The Hall–Kier alpha value is -4.77. The Morgan fingerprint density at radius 2 is 1.90 bits per heavy atom. The number of halogens is 6. The van der Waals surface area contributed by atoms with E-state index in [-0.39, 0.29) is 45.8 Å². The van der Waals surface area contributed by atoms with E-state index in [4.69, 9.17) is 17.3 Å². The monoisotopic (exact) mass is 710 g/mol. The predicted molar refractivity (Wildman–Crippen MR) is 171 cm³/mol. The van der Waals surface area contributed by atoms with Crippen molar-refractivity contribution < 1.29 is 36.6 Å². The molecule has 262 valence electrons. The number of aromatic nitrogens is 4. The second-order valence-electron chi connectivity index (χ2n) is 12.0. The molecule has 4 aromatic rings. The van der Waals surface area contributed by atoms with Crippen LogP contribution in [0.2, 0.25) is 5.02 Å². The van der Waals surface area contributed by atoms with Gasteiger partial charge in [-0.15, -0.1) is 0 Å². The van der Waals surface area contributed by atoms with Gasteiger partial charge in [-0.1, -0.05) is 18.5 Å². The van der Waals surface area contributed by atoms with Gasteiger partial charge < -0.3 is 30.2 Å². The number of nitrogens with one attached hydrogen (secondary N) is 1. The number of rotatable bonds is 10. The lowest BCUT2D eigenvalue weighted by atomic mass is 10.0. The quantitative estimate of drug-likeness (QED) is 0.207. The lowest BCUT2D eigenvalue weighted by Crippen LogP contribution is -2.44. The Balaban J connectivity index is 1.44. The van der Waals surface area contributed by atoms with Crippen molar-refractivity contribution >= 4 is 46.0 Å². The predicted octanol–water partition coefficient (Wildman–Crippen LogP) is 4.27. The van der Waals surface area contributed by atoms with Gasteiger partial charge in [0.25, 0.3) is 11.5 Å². The van der Waals surface area contributed by atoms with E-state index in [0.717, 1.165) is 17.0 Å². The van der Waals surface area contributed by atoms with Gasteiger partial charge in [0, 0.05) is 56.1 Å². The summed E-state index contributed by atoms with van der Waals surface area (Å²) in [6.45, 7) is 3.17. The second-order valence-corrected chi connectivity index (χ2v) is 12.4. The van der Waals surface area contributed by atoms with Crippen molar-refractivity contribution in [2.45, 2.75) is 39.0 Å². The molecule has 2 amide bonds. The standard InChI is InChI=1S/C31H32ClF5N8O4/c1-4-43(10-16-5-15(2)9-45(16)13-31(35,36)37)22-7-21(20(32)8-39-22)41-23(46)12-44-11-19(24-29(44)40-14-42(3)30(24)49)17-6-18(28(38)48)27(47)26(34)25(17)33/h6-8,11,14-16,47H,4-5,9-10,12-13H2,1-3H3,(H2,38,48)(H,39,41,46)/t15-,16+/m0/s1. The first-order valence-electron chi connectivity index (χ1n) is 15.1. The molecular formula is C31H32ClF5N8O4. The van der Waals surface area contributed by atoms with Crippen LogP contribution in [0.15, 0.2) is 35.6 Å². The van der Waals surface area contributed by atoms with E-state index in [0.29, 0.717) is 25.3 Å². The second kappa shape index (κ2) is 13.6. The zero-order chi connectivity index (χ0) is 35.9. The van der Waals surface area contributed by atoms with Crippen LogP contribution in [0.4, 0.5) is 33.5 Å². The molecule has 1 saturated heterocycles. The summed E-state index contributed by atoms with van der Waals surface area (Å²) in [7, 11) is 1.37. The highest BCUT2D eigenvalue weighted by Gasteiger charge is 2.39. The van der Waals surface area contributed by atoms with E-state index in [1.54, 1.807) is 4.90 Å². The first-order chi connectivity index (χ1) is 23.0. The van der Waals surface area contributed by atoms with Crippen LogP contribution in [-0.4, -0.2) is 79.3 Å². The van der Waals surface area contributed by atoms with E-state index in [2.05, 4.69) is 15.3 Å². The van der Waals surface area contributed by atoms with Gasteiger partial charge in [0.05, 0.1) is 40.7 Å². The molecule has 2 atom stereocenters. The number of primary amides is 1. The third-order valence-electron chi connectivity index (χ3n) is 8.36. The molecule has 0 saturated carbocycles. The average Bonchev–Trinajstić information content (AvgIpc) is 3.55. The number of benzene rings is 1. The molecule has 0 radical (unpaired) electrons. The maximum atomic E-state index is 15.1. The van der Waals surface area contributed by atoms with Crippen molar-refractivity contribution in [2.75, 3.05) is 36.4 Å². The molecule has 1 aliphatic rings. The maximum Gasteiger partial charge on any atom is 0.401 e. The normalized spacial score (nSPS) is 16.8. The molecule has 49 heavy (non-hydrogen) atoms. The molecule has 0 aliphatic carbocycles. The first-order valence-corrected chi connectivity index (χ1v) is 15.4. The number of likely N-dealkylation sites (N-methyl/N-ethyl adjacent to an activating group) is 1. The number of hydrogen-bond acceptors (Lipinski definition) is 8. The molecule has 4 N–H and O–H groups in total. The Morgan fingerprint density at radius 1 is 1.18 bits per heavy atom. The number of carbonyl (C=O) groups excluding carboxylic acids is 2. The minimum Gasteiger partial charge on any atom is -0.504 e. The van der Waals surface area contributed by atoms with Gasteiger partial charge in [0.15, 0.2) is 11.6 Å². The Morgan fingerprint density at radius 3 is 2.55 bits per heavy atom. The number of hydrogen-bond donors (Lipinski definition) is 3. The molecular weight excluding hydrogens is 679 g/mol. The largest absolute Gasteiger partial charge is 0.504 e. The Kier molecular flexibility index (Phi) is 9.88. The highest BCUT2D eigenvalue weighted by molar-refractivity contribution is 6.33. The van der Waals surface area contributed by atoms with Crippen molar-refractivity contribution in [3.05, 3.63) is 63.4 Å². The van der Waals surface area contributed by atoms with Gasteiger partial charge in [-0.3, -0.25) is 19.3 Å². The number of likely N-dealkylation sites (tertiary alicyclic amines) is 1. The van der Waals surface area contributed by atoms with Crippen molar-refractivity contribution in [1.29, 1.82) is 0 Å². The van der Waals surface area contributed by atoms with Crippen LogP contribution >= 0.6 is 11.6 Å². The molecule has 1 aromatic carbocycles. The van der Waals surface area contributed by atoms with Gasteiger partial charge in [-0.2, -0.15) is 17.6 Å². The van der Waals surface area contributed by atoms with Gasteiger partial charge >= 0.3 is 6.18 Å². The van der Waals surface area contributed by atoms with Crippen molar-refractivity contribution in [2.24, 2.45) is 18.7 Å². The molecule has 5 rings (SSSR count). The Bertz CT molecular complexity index is 2000. The van der Waals surface area contributed by atoms with Crippen LogP contribution < -0.4 is 21.5 Å². The molecule has 0 bridgehead atoms.